The summed E-state index contributed by atoms with van der Waals surface area (Å²) in [5.74, 6) is -1.34. The van der Waals surface area contributed by atoms with Gasteiger partial charge in [0.15, 0.2) is 0 Å². The minimum Gasteiger partial charge on any atom is -0.333 e. The van der Waals surface area contributed by atoms with Crippen molar-refractivity contribution in [1.82, 2.24) is 5.32 Å². The summed E-state index contributed by atoms with van der Waals surface area (Å²) in [5.41, 5.74) is -1.03. The average molecular weight is 188 g/mol. The number of carbonyl (C=O) groups excluding carboxylic acids is 1. The van der Waals surface area contributed by atoms with Gasteiger partial charge in [0, 0.05) is 0 Å². The Hall–Kier alpha value is -1.18. The molecule has 1 fully saturated rings. The zero-order chi connectivity index (χ0) is 9.90. The van der Waals surface area contributed by atoms with Gasteiger partial charge >= 0.3 is 6.43 Å². The number of hydrogen-bond acceptors (Lipinski definition) is 2. The Labute approximate surface area is 74.7 Å². The summed E-state index contributed by atoms with van der Waals surface area (Å²) in [4.78, 5) is 10.7. The molecule has 0 aromatic heterocycles. The third-order valence-electron chi connectivity index (χ3n) is 2.23. The largest absolute Gasteiger partial charge is 0.333 e. The number of carbonyl (C=O) groups is 1. The molecule has 3 nitrogen and oxygen atoms in total. The fourth-order valence-corrected chi connectivity index (χ4v) is 1.53. The zero-order valence-corrected chi connectivity index (χ0v) is 7.02. The predicted octanol–water partition coefficient (Wildman–Crippen LogP) is 1.20. The Bertz CT molecular complexity index is 241. The summed E-state index contributed by atoms with van der Waals surface area (Å²) in [6.07, 6.45) is -0.483. The molecule has 1 amide bonds. The third-order valence-corrected chi connectivity index (χ3v) is 2.23. The fourth-order valence-electron chi connectivity index (χ4n) is 1.53. The van der Waals surface area contributed by atoms with Crippen molar-refractivity contribution < 1.29 is 13.6 Å². The molecule has 0 aromatic rings. The van der Waals surface area contributed by atoms with E-state index in [1.807, 2.05) is 6.07 Å². The number of hydrogen-bond donors (Lipinski definition) is 1. The van der Waals surface area contributed by atoms with Crippen LogP contribution in [0.15, 0.2) is 0 Å². The van der Waals surface area contributed by atoms with Gasteiger partial charge in [-0.25, -0.2) is 0 Å². The van der Waals surface area contributed by atoms with Crippen LogP contribution in [0.1, 0.15) is 25.7 Å². The normalized spacial score (nSPS) is 19.8. The van der Waals surface area contributed by atoms with Crippen LogP contribution in [0.25, 0.3) is 0 Å². The highest BCUT2D eigenvalue weighted by Gasteiger charge is 2.37. The van der Waals surface area contributed by atoms with E-state index in [0.717, 1.165) is 12.8 Å². The van der Waals surface area contributed by atoms with Crippen LogP contribution in [0.3, 0.4) is 0 Å². The number of rotatable bonds is 2. The van der Waals surface area contributed by atoms with Gasteiger partial charge in [0.1, 0.15) is 5.54 Å². The van der Waals surface area contributed by atoms with Crippen molar-refractivity contribution in [1.29, 1.82) is 5.26 Å². The van der Waals surface area contributed by atoms with E-state index in [0.29, 0.717) is 12.8 Å². The van der Waals surface area contributed by atoms with Crippen molar-refractivity contribution in [3.05, 3.63) is 0 Å². The SMILES string of the molecule is N#CC1(NC(=O)C(F)F)CCCC1. The molecule has 0 unspecified atom stereocenters. The van der Waals surface area contributed by atoms with E-state index in [9.17, 15) is 13.6 Å². The molecule has 13 heavy (non-hydrogen) atoms. The minimum atomic E-state index is -3.04. The van der Waals surface area contributed by atoms with Crippen LogP contribution in [-0.4, -0.2) is 17.9 Å². The molecule has 0 radical (unpaired) electrons. The Kier molecular flexibility index (Phi) is 2.81. The Morgan fingerprint density at radius 1 is 1.46 bits per heavy atom. The van der Waals surface area contributed by atoms with Gasteiger partial charge in [0.05, 0.1) is 6.07 Å². The van der Waals surface area contributed by atoms with Crippen LogP contribution in [0.4, 0.5) is 8.78 Å². The number of halogens is 2. The standard InChI is InChI=1S/C8H10F2N2O/c9-6(10)7(13)12-8(5-11)3-1-2-4-8/h6H,1-4H2,(H,12,13). The summed E-state index contributed by atoms with van der Waals surface area (Å²) < 4.78 is 23.7. The summed E-state index contributed by atoms with van der Waals surface area (Å²) in [6.45, 7) is 0. The second-order valence-electron chi connectivity index (χ2n) is 3.19. The van der Waals surface area contributed by atoms with Crippen molar-refractivity contribution in [3.63, 3.8) is 0 Å². The van der Waals surface area contributed by atoms with Gasteiger partial charge in [0.2, 0.25) is 0 Å². The fraction of sp³-hybridized carbons (Fsp3) is 0.750. The zero-order valence-electron chi connectivity index (χ0n) is 7.02. The van der Waals surface area contributed by atoms with Crippen LogP contribution in [-0.2, 0) is 4.79 Å². The molecule has 5 heteroatoms. The molecule has 0 aromatic carbocycles. The highest BCUT2D eigenvalue weighted by molar-refractivity contribution is 5.80. The highest BCUT2D eigenvalue weighted by Crippen LogP contribution is 2.28. The molecule has 0 saturated heterocycles. The van der Waals surface area contributed by atoms with Gasteiger partial charge in [-0.05, 0) is 25.7 Å². The Morgan fingerprint density at radius 3 is 2.38 bits per heavy atom. The van der Waals surface area contributed by atoms with E-state index in [-0.39, 0.29) is 0 Å². The molecule has 1 rings (SSSR count). The molecule has 1 saturated carbocycles. The van der Waals surface area contributed by atoms with E-state index >= 15 is 0 Å². The number of nitrogens with zero attached hydrogens (tertiary/aromatic N) is 1. The van der Waals surface area contributed by atoms with Crippen molar-refractivity contribution in [2.75, 3.05) is 0 Å². The quantitative estimate of drug-likeness (QED) is 0.708. The lowest BCUT2D eigenvalue weighted by Crippen LogP contribution is -2.47. The molecule has 1 aliphatic carbocycles. The smallest absolute Gasteiger partial charge is 0.315 e. The maximum Gasteiger partial charge on any atom is 0.315 e. The lowest BCUT2D eigenvalue weighted by Gasteiger charge is -2.21. The molecule has 0 bridgehead atoms. The minimum absolute atomic E-state index is 0.474. The molecule has 0 aliphatic heterocycles. The van der Waals surface area contributed by atoms with Gasteiger partial charge in [-0.2, -0.15) is 14.0 Å². The number of alkyl halides is 2. The van der Waals surface area contributed by atoms with Gasteiger partial charge < -0.3 is 5.32 Å². The molecular formula is C8H10F2N2O. The van der Waals surface area contributed by atoms with E-state index < -0.39 is 17.9 Å². The Balaban J connectivity index is 2.60. The van der Waals surface area contributed by atoms with Crippen molar-refractivity contribution in [2.24, 2.45) is 0 Å². The number of nitriles is 1. The first kappa shape index (κ1) is 9.90. The van der Waals surface area contributed by atoms with Crippen LogP contribution in [0.2, 0.25) is 0 Å². The lowest BCUT2D eigenvalue weighted by atomic mass is 10.00. The van der Waals surface area contributed by atoms with Crippen molar-refractivity contribution >= 4 is 5.91 Å². The van der Waals surface area contributed by atoms with Crippen molar-refractivity contribution in [2.45, 2.75) is 37.6 Å². The maximum absolute atomic E-state index is 11.9. The van der Waals surface area contributed by atoms with E-state index in [1.165, 1.54) is 0 Å². The molecule has 72 valence electrons. The monoisotopic (exact) mass is 188 g/mol. The summed E-state index contributed by atoms with van der Waals surface area (Å²) in [6, 6.07) is 1.90. The van der Waals surface area contributed by atoms with E-state index in [2.05, 4.69) is 5.32 Å². The van der Waals surface area contributed by atoms with Crippen LogP contribution in [0, 0.1) is 11.3 Å². The predicted molar refractivity (Wildman–Crippen MR) is 41.0 cm³/mol. The lowest BCUT2D eigenvalue weighted by molar-refractivity contribution is -0.133. The average Bonchev–Trinajstić information content (AvgIpc) is 2.54. The third kappa shape index (κ3) is 2.14. The molecule has 0 heterocycles. The van der Waals surface area contributed by atoms with Crippen molar-refractivity contribution in [3.8, 4) is 6.07 Å². The van der Waals surface area contributed by atoms with E-state index in [4.69, 9.17) is 5.26 Å². The van der Waals surface area contributed by atoms with Gasteiger partial charge in [0.25, 0.3) is 5.91 Å². The Morgan fingerprint density at radius 2 is 2.00 bits per heavy atom. The maximum atomic E-state index is 11.9. The van der Waals surface area contributed by atoms with Gasteiger partial charge in [-0.15, -0.1) is 0 Å². The molecular weight excluding hydrogens is 178 g/mol. The van der Waals surface area contributed by atoms with Crippen LogP contribution < -0.4 is 5.32 Å². The van der Waals surface area contributed by atoms with Crippen LogP contribution in [0.5, 0.6) is 0 Å². The first-order valence-corrected chi connectivity index (χ1v) is 4.11. The summed E-state index contributed by atoms with van der Waals surface area (Å²) in [7, 11) is 0. The molecule has 0 spiro atoms. The molecule has 0 atom stereocenters. The topological polar surface area (TPSA) is 52.9 Å². The second-order valence-corrected chi connectivity index (χ2v) is 3.19. The molecule has 1 N–H and O–H groups in total. The number of nitrogens with one attached hydrogen (secondary N) is 1. The molecule has 1 aliphatic rings. The van der Waals surface area contributed by atoms with Gasteiger partial charge in [-0.1, -0.05) is 0 Å². The van der Waals surface area contributed by atoms with E-state index in [1.54, 1.807) is 0 Å². The summed E-state index contributed by atoms with van der Waals surface area (Å²) in [5, 5.41) is 10.8. The summed E-state index contributed by atoms with van der Waals surface area (Å²) >= 11 is 0. The highest BCUT2D eigenvalue weighted by atomic mass is 19.3. The first-order valence-electron chi connectivity index (χ1n) is 4.11. The van der Waals surface area contributed by atoms with Crippen LogP contribution >= 0.6 is 0 Å². The number of amides is 1. The first-order chi connectivity index (χ1) is 6.09. The van der Waals surface area contributed by atoms with Gasteiger partial charge in [-0.3, -0.25) is 4.79 Å². The second kappa shape index (κ2) is 3.69.